The molecule has 1 aromatic carbocycles. The molecule has 0 fully saturated rings. The van der Waals surface area contributed by atoms with Crippen molar-refractivity contribution < 1.29 is 9.53 Å². The summed E-state index contributed by atoms with van der Waals surface area (Å²) in [5, 5.41) is 0. The van der Waals surface area contributed by atoms with Crippen LogP contribution < -0.4 is 9.64 Å². The van der Waals surface area contributed by atoms with Gasteiger partial charge in [0.25, 0.3) is 0 Å². The predicted molar refractivity (Wildman–Crippen MR) is 73.2 cm³/mol. The minimum atomic E-state index is -0.0531. The highest BCUT2D eigenvalue weighted by molar-refractivity contribution is 5.95. The van der Waals surface area contributed by atoms with Crippen molar-refractivity contribution in [3.05, 3.63) is 23.8 Å². The summed E-state index contributed by atoms with van der Waals surface area (Å²) in [5.41, 5.74) is 2.17. The number of unbranched alkanes of at least 4 members (excludes halogenated alkanes) is 1. The van der Waals surface area contributed by atoms with Gasteiger partial charge in [0, 0.05) is 7.05 Å². The number of anilines is 1. The van der Waals surface area contributed by atoms with E-state index < -0.39 is 0 Å². The molecular formula is C15H21NO2. The molecule has 98 valence electrons. The van der Waals surface area contributed by atoms with Crippen molar-refractivity contribution in [2.45, 2.75) is 45.6 Å². The molecule has 1 aliphatic heterocycles. The highest BCUT2D eigenvalue weighted by Gasteiger charge is 2.24. The molecule has 1 atom stereocenters. The van der Waals surface area contributed by atoms with Crippen molar-refractivity contribution in [2.75, 3.05) is 11.9 Å². The van der Waals surface area contributed by atoms with Crippen molar-refractivity contribution >= 4 is 11.6 Å². The third-order valence-electron chi connectivity index (χ3n) is 3.37. The number of carbonyl (C=O) groups is 1. The lowest BCUT2D eigenvalue weighted by molar-refractivity contribution is -0.119. The third kappa shape index (κ3) is 2.66. The molecule has 0 N–H and O–H groups in total. The Morgan fingerprint density at radius 1 is 1.44 bits per heavy atom. The number of aryl methyl sites for hydroxylation is 1. The molecule has 0 saturated carbocycles. The Bertz CT molecular complexity index is 442. The first-order chi connectivity index (χ1) is 8.61. The summed E-state index contributed by atoms with van der Waals surface area (Å²) in [6.45, 7) is 4.12. The molecule has 0 saturated heterocycles. The molecule has 1 aliphatic rings. The first-order valence-electron chi connectivity index (χ1n) is 6.68. The van der Waals surface area contributed by atoms with E-state index in [1.807, 2.05) is 20.0 Å². The molecule has 0 bridgehead atoms. The fourth-order valence-electron chi connectivity index (χ4n) is 2.24. The summed E-state index contributed by atoms with van der Waals surface area (Å²) in [5.74, 6) is 0.935. The quantitative estimate of drug-likeness (QED) is 0.821. The van der Waals surface area contributed by atoms with Gasteiger partial charge in [0.05, 0.1) is 12.1 Å². The van der Waals surface area contributed by atoms with Crippen molar-refractivity contribution in [1.29, 1.82) is 0 Å². The average molecular weight is 247 g/mol. The zero-order valence-electron chi connectivity index (χ0n) is 11.4. The highest BCUT2D eigenvalue weighted by Crippen LogP contribution is 2.33. The average Bonchev–Trinajstić information content (AvgIpc) is 2.45. The fourth-order valence-corrected chi connectivity index (χ4v) is 2.24. The normalized spacial score (nSPS) is 19.2. The first-order valence-corrected chi connectivity index (χ1v) is 6.68. The maximum Gasteiger partial charge on any atom is 0.230 e. The molecule has 0 aliphatic carbocycles. The van der Waals surface area contributed by atoms with Gasteiger partial charge in [-0.05, 0) is 37.5 Å². The van der Waals surface area contributed by atoms with E-state index >= 15 is 0 Å². The van der Waals surface area contributed by atoms with Crippen LogP contribution in [0.3, 0.4) is 0 Å². The molecule has 1 unspecified atom stereocenters. The van der Waals surface area contributed by atoms with E-state index in [9.17, 15) is 4.79 Å². The van der Waals surface area contributed by atoms with E-state index in [2.05, 4.69) is 19.1 Å². The molecule has 3 heteroatoms. The van der Waals surface area contributed by atoms with E-state index in [4.69, 9.17) is 4.74 Å². The summed E-state index contributed by atoms with van der Waals surface area (Å²) >= 11 is 0. The van der Waals surface area contributed by atoms with Crippen LogP contribution in [0.5, 0.6) is 5.75 Å². The largest absolute Gasteiger partial charge is 0.488 e. The molecule has 2 rings (SSSR count). The Kier molecular flexibility index (Phi) is 3.90. The number of rotatable bonds is 3. The number of hydrogen-bond donors (Lipinski definition) is 0. The van der Waals surface area contributed by atoms with Crippen molar-refractivity contribution in [2.24, 2.45) is 0 Å². The van der Waals surface area contributed by atoms with Crippen LogP contribution >= 0.6 is 0 Å². The van der Waals surface area contributed by atoms with Gasteiger partial charge >= 0.3 is 0 Å². The van der Waals surface area contributed by atoms with Crippen LogP contribution in [-0.2, 0) is 11.2 Å². The topological polar surface area (TPSA) is 29.5 Å². The fraction of sp³-hybridized carbons (Fsp3) is 0.533. The van der Waals surface area contributed by atoms with E-state index in [0.29, 0.717) is 6.42 Å². The molecule has 0 spiro atoms. The smallest absolute Gasteiger partial charge is 0.230 e. The van der Waals surface area contributed by atoms with Gasteiger partial charge in [-0.25, -0.2) is 0 Å². The lowest BCUT2D eigenvalue weighted by Crippen LogP contribution is -2.27. The maximum atomic E-state index is 12.0. The van der Waals surface area contributed by atoms with Gasteiger partial charge in [-0.1, -0.05) is 19.4 Å². The maximum absolute atomic E-state index is 12.0. The lowest BCUT2D eigenvalue weighted by atomic mass is 10.1. The number of amides is 1. The van der Waals surface area contributed by atoms with Crippen LogP contribution in [0.25, 0.3) is 0 Å². The summed E-state index contributed by atoms with van der Waals surface area (Å²) < 4.78 is 5.79. The molecule has 0 radical (unpaired) electrons. The van der Waals surface area contributed by atoms with E-state index in [0.717, 1.165) is 17.9 Å². The minimum absolute atomic E-state index is 0.0531. The Morgan fingerprint density at radius 2 is 2.22 bits per heavy atom. The van der Waals surface area contributed by atoms with E-state index in [-0.39, 0.29) is 12.0 Å². The molecule has 1 aromatic rings. The summed E-state index contributed by atoms with van der Waals surface area (Å²) in [6, 6.07) is 6.18. The second-order valence-electron chi connectivity index (χ2n) is 4.99. The van der Waals surface area contributed by atoms with E-state index in [1.54, 1.807) is 4.90 Å². The number of ether oxygens (including phenoxy) is 1. The molecule has 1 heterocycles. The van der Waals surface area contributed by atoms with Gasteiger partial charge < -0.3 is 9.64 Å². The summed E-state index contributed by atoms with van der Waals surface area (Å²) in [4.78, 5) is 13.7. The Morgan fingerprint density at radius 3 is 2.94 bits per heavy atom. The Balaban J connectivity index is 2.31. The Hall–Kier alpha value is -1.51. The zero-order chi connectivity index (χ0) is 13.1. The number of hydrogen-bond acceptors (Lipinski definition) is 2. The van der Waals surface area contributed by atoms with Gasteiger partial charge in [-0.15, -0.1) is 0 Å². The van der Waals surface area contributed by atoms with Crippen LogP contribution in [0, 0.1) is 0 Å². The van der Waals surface area contributed by atoms with E-state index in [1.165, 1.54) is 18.4 Å². The third-order valence-corrected chi connectivity index (χ3v) is 3.37. The van der Waals surface area contributed by atoms with Gasteiger partial charge in [-0.3, -0.25) is 4.79 Å². The molecule has 18 heavy (non-hydrogen) atoms. The van der Waals surface area contributed by atoms with Crippen LogP contribution in [0.2, 0.25) is 0 Å². The monoisotopic (exact) mass is 247 g/mol. The van der Waals surface area contributed by atoms with Crippen LogP contribution in [0.4, 0.5) is 5.69 Å². The highest BCUT2D eigenvalue weighted by atomic mass is 16.5. The predicted octanol–water partition coefficient (Wildman–Crippen LogP) is 3.16. The van der Waals surface area contributed by atoms with Crippen molar-refractivity contribution in [1.82, 2.24) is 0 Å². The van der Waals surface area contributed by atoms with Gasteiger partial charge in [0.2, 0.25) is 5.91 Å². The first kappa shape index (κ1) is 12.9. The number of benzene rings is 1. The van der Waals surface area contributed by atoms with Gasteiger partial charge in [-0.2, -0.15) is 0 Å². The van der Waals surface area contributed by atoms with Gasteiger partial charge in [0.1, 0.15) is 11.9 Å². The van der Waals surface area contributed by atoms with Gasteiger partial charge in [0.15, 0.2) is 0 Å². The second-order valence-corrected chi connectivity index (χ2v) is 4.99. The lowest BCUT2D eigenvalue weighted by Gasteiger charge is -2.17. The second kappa shape index (κ2) is 5.42. The SMILES string of the molecule is CCCCc1ccc2c(c1)N(C)C(=O)CC(C)O2. The number of carbonyl (C=O) groups excluding carboxylic acids is 1. The van der Waals surface area contributed by atoms with Crippen LogP contribution in [0.1, 0.15) is 38.7 Å². The van der Waals surface area contributed by atoms with Crippen molar-refractivity contribution in [3.8, 4) is 5.75 Å². The van der Waals surface area contributed by atoms with Crippen LogP contribution in [0.15, 0.2) is 18.2 Å². The molecule has 1 amide bonds. The zero-order valence-corrected chi connectivity index (χ0v) is 11.4. The molecule has 3 nitrogen and oxygen atoms in total. The molecular weight excluding hydrogens is 226 g/mol. The van der Waals surface area contributed by atoms with Crippen molar-refractivity contribution in [3.63, 3.8) is 0 Å². The Labute approximate surface area is 109 Å². The summed E-state index contributed by atoms with van der Waals surface area (Å²) in [6.07, 6.45) is 3.80. The van der Waals surface area contributed by atoms with Crippen LogP contribution in [-0.4, -0.2) is 19.1 Å². The number of nitrogens with zero attached hydrogens (tertiary/aromatic N) is 1. The minimum Gasteiger partial charge on any atom is -0.488 e. The number of fused-ring (bicyclic) bond motifs is 1. The standard InChI is InChI=1S/C15H21NO2/c1-4-5-6-12-7-8-14-13(10-12)16(3)15(17)9-11(2)18-14/h7-8,10-11H,4-6,9H2,1-3H3. The molecule has 0 aromatic heterocycles. The summed E-state index contributed by atoms with van der Waals surface area (Å²) in [7, 11) is 1.83.